The van der Waals surface area contributed by atoms with E-state index in [0.717, 1.165) is 5.56 Å². The van der Waals surface area contributed by atoms with Crippen LogP contribution in [0.15, 0.2) is 42.5 Å². The highest BCUT2D eigenvalue weighted by Gasteiger charge is 2.20. The second-order valence-electron chi connectivity index (χ2n) is 6.78. The van der Waals surface area contributed by atoms with Crippen LogP contribution in [0.5, 0.6) is 5.75 Å². The predicted molar refractivity (Wildman–Crippen MR) is 113 cm³/mol. The van der Waals surface area contributed by atoms with Gasteiger partial charge in [-0.2, -0.15) is 8.42 Å². The summed E-state index contributed by atoms with van der Waals surface area (Å²) < 4.78 is 28.5. The van der Waals surface area contributed by atoms with Crippen LogP contribution in [0.1, 0.15) is 36.7 Å². The second kappa shape index (κ2) is 9.63. The maximum absolute atomic E-state index is 13.0. The Morgan fingerprint density at radius 1 is 1.14 bits per heavy atom. The molecule has 0 radical (unpaired) electrons. The fraction of sp³-hybridized carbons (Fsp3) is 0.350. The summed E-state index contributed by atoms with van der Waals surface area (Å²) in [6.45, 7) is 6.34. The van der Waals surface area contributed by atoms with E-state index in [9.17, 15) is 13.2 Å². The van der Waals surface area contributed by atoms with Gasteiger partial charge >= 0.3 is 10.1 Å². The van der Waals surface area contributed by atoms with Gasteiger partial charge in [0.15, 0.2) is 0 Å². The van der Waals surface area contributed by atoms with Crippen LogP contribution in [0.3, 0.4) is 0 Å². The monoisotopic (exact) mass is 443 g/mol. The largest absolute Gasteiger partial charge is 0.382 e. The maximum Gasteiger partial charge on any atom is 0.308 e. The van der Waals surface area contributed by atoms with E-state index in [1.54, 1.807) is 35.2 Å². The molecule has 8 heteroatoms. The first-order chi connectivity index (χ1) is 13.1. The van der Waals surface area contributed by atoms with Gasteiger partial charge in [0.2, 0.25) is 0 Å². The lowest BCUT2D eigenvalue weighted by molar-refractivity contribution is 0.0722. The summed E-state index contributed by atoms with van der Waals surface area (Å²) in [5.74, 6) is 0.114. The fourth-order valence-corrected chi connectivity index (χ4v) is 3.62. The summed E-state index contributed by atoms with van der Waals surface area (Å²) in [5.41, 5.74) is 1.12. The average molecular weight is 444 g/mol. The van der Waals surface area contributed by atoms with Crippen LogP contribution in [-0.2, 0) is 16.7 Å². The van der Waals surface area contributed by atoms with Crippen molar-refractivity contribution < 1.29 is 17.4 Å². The molecule has 0 heterocycles. The van der Waals surface area contributed by atoms with Crippen molar-refractivity contribution >= 4 is 39.2 Å². The Kier molecular flexibility index (Phi) is 7.75. The highest BCUT2D eigenvalue weighted by atomic mass is 35.5. The third kappa shape index (κ3) is 6.40. The van der Waals surface area contributed by atoms with Crippen molar-refractivity contribution in [1.82, 2.24) is 4.90 Å². The molecule has 1 amide bonds. The lowest BCUT2D eigenvalue weighted by Crippen LogP contribution is -2.34. The number of carbonyl (C=O) groups excluding carboxylic acids is 1. The first-order valence-electron chi connectivity index (χ1n) is 8.86. The molecule has 0 saturated carbocycles. The summed E-state index contributed by atoms with van der Waals surface area (Å²) in [7, 11) is -3.62. The number of benzene rings is 2. The van der Waals surface area contributed by atoms with Crippen LogP contribution in [0, 0.1) is 5.92 Å². The molecule has 0 aliphatic rings. The number of nitrogens with zero attached hydrogens (tertiary/aromatic N) is 1. The van der Waals surface area contributed by atoms with Crippen LogP contribution < -0.4 is 4.18 Å². The molecule has 2 aromatic rings. The molecule has 0 atom stereocenters. The van der Waals surface area contributed by atoms with Crippen molar-refractivity contribution in [2.45, 2.75) is 27.3 Å². The molecule has 0 bridgehead atoms. The first-order valence-corrected chi connectivity index (χ1v) is 11.2. The Hall–Kier alpha value is -1.76. The van der Waals surface area contributed by atoms with Gasteiger partial charge in [-0.25, -0.2) is 0 Å². The molecule has 0 spiro atoms. The molecule has 2 rings (SSSR count). The van der Waals surface area contributed by atoms with Crippen LogP contribution in [-0.4, -0.2) is 31.5 Å². The SMILES string of the molecule is CCS(=O)(=O)Oc1cccc(CN(CC(C)C)C(=O)c2ccc(Cl)cc2Cl)c1. The zero-order chi connectivity index (χ0) is 20.9. The highest BCUT2D eigenvalue weighted by Crippen LogP contribution is 2.24. The molecule has 0 aromatic heterocycles. The Balaban J connectivity index is 2.28. The Bertz CT molecular complexity index is 945. The van der Waals surface area contributed by atoms with Gasteiger partial charge in [0.25, 0.3) is 5.91 Å². The van der Waals surface area contributed by atoms with Crippen molar-refractivity contribution in [3.8, 4) is 5.75 Å². The van der Waals surface area contributed by atoms with E-state index in [1.165, 1.54) is 13.0 Å². The fourth-order valence-electron chi connectivity index (χ4n) is 2.61. The van der Waals surface area contributed by atoms with Gasteiger partial charge in [0.05, 0.1) is 16.3 Å². The van der Waals surface area contributed by atoms with E-state index >= 15 is 0 Å². The van der Waals surface area contributed by atoms with Crippen LogP contribution >= 0.6 is 23.2 Å². The minimum absolute atomic E-state index is 0.121. The molecule has 0 aliphatic heterocycles. The van der Waals surface area contributed by atoms with E-state index in [1.807, 2.05) is 19.9 Å². The van der Waals surface area contributed by atoms with E-state index in [-0.39, 0.29) is 28.4 Å². The van der Waals surface area contributed by atoms with Crippen molar-refractivity contribution in [2.24, 2.45) is 5.92 Å². The molecule has 5 nitrogen and oxygen atoms in total. The summed E-state index contributed by atoms with van der Waals surface area (Å²) in [6.07, 6.45) is 0. The Morgan fingerprint density at radius 3 is 2.46 bits per heavy atom. The van der Waals surface area contributed by atoms with Crippen LogP contribution in [0.2, 0.25) is 10.0 Å². The van der Waals surface area contributed by atoms with Crippen molar-refractivity contribution in [1.29, 1.82) is 0 Å². The predicted octanol–water partition coefficient (Wildman–Crippen LogP) is 5.02. The molecular weight excluding hydrogens is 421 g/mol. The van der Waals surface area contributed by atoms with E-state index in [2.05, 4.69) is 0 Å². The van der Waals surface area contributed by atoms with Crippen LogP contribution in [0.25, 0.3) is 0 Å². The van der Waals surface area contributed by atoms with Crippen molar-refractivity contribution in [3.63, 3.8) is 0 Å². The van der Waals surface area contributed by atoms with Crippen molar-refractivity contribution in [3.05, 3.63) is 63.6 Å². The summed E-state index contributed by atoms with van der Waals surface area (Å²) >= 11 is 12.1. The van der Waals surface area contributed by atoms with Crippen molar-refractivity contribution in [2.75, 3.05) is 12.3 Å². The van der Waals surface area contributed by atoms with Gasteiger partial charge in [-0.1, -0.05) is 49.2 Å². The van der Waals surface area contributed by atoms with Crippen LogP contribution in [0.4, 0.5) is 0 Å². The highest BCUT2D eigenvalue weighted by molar-refractivity contribution is 7.87. The topological polar surface area (TPSA) is 63.7 Å². The standard InChI is InChI=1S/C20H23Cl2NO4S/c1-4-28(25,26)27-17-7-5-6-15(10-17)13-23(12-14(2)3)20(24)18-9-8-16(21)11-19(18)22/h5-11,14H,4,12-13H2,1-3H3. The molecule has 2 aromatic carbocycles. The van der Waals surface area contributed by atoms with Gasteiger partial charge in [-0.15, -0.1) is 0 Å². The van der Waals surface area contributed by atoms with Gasteiger partial charge in [0.1, 0.15) is 5.75 Å². The maximum atomic E-state index is 13.0. The lowest BCUT2D eigenvalue weighted by Gasteiger charge is -2.25. The molecule has 0 unspecified atom stereocenters. The third-order valence-corrected chi connectivity index (χ3v) is 5.58. The quantitative estimate of drug-likeness (QED) is 0.537. The number of halogens is 2. The first kappa shape index (κ1) is 22.5. The van der Waals surface area contributed by atoms with Gasteiger partial charge in [-0.3, -0.25) is 4.79 Å². The molecule has 0 aliphatic carbocycles. The summed E-state index contributed by atoms with van der Waals surface area (Å²) in [6, 6.07) is 11.5. The number of rotatable bonds is 8. The minimum Gasteiger partial charge on any atom is -0.382 e. The normalized spacial score (nSPS) is 11.5. The molecule has 0 N–H and O–H groups in total. The Morgan fingerprint density at radius 2 is 1.86 bits per heavy atom. The van der Waals surface area contributed by atoms with Gasteiger partial charge < -0.3 is 9.08 Å². The molecule has 0 fully saturated rings. The Labute approximate surface area is 176 Å². The molecule has 0 saturated heterocycles. The van der Waals surface area contributed by atoms with E-state index in [0.29, 0.717) is 23.7 Å². The van der Waals surface area contributed by atoms with E-state index < -0.39 is 10.1 Å². The number of hydrogen-bond acceptors (Lipinski definition) is 4. The van der Waals surface area contributed by atoms with Gasteiger partial charge in [-0.05, 0) is 48.7 Å². The molecule has 28 heavy (non-hydrogen) atoms. The number of amides is 1. The zero-order valence-electron chi connectivity index (χ0n) is 16.0. The third-order valence-electron chi connectivity index (χ3n) is 3.88. The molecule has 152 valence electrons. The van der Waals surface area contributed by atoms with E-state index in [4.69, 9.17) is 27.4 Å². The number of carbonyl (C=O) groups is 1. The minimum atomic E-state index is -3.62. The van der Waals surface area contributed by atoms with Gasteiger partial charge in [0, 0.05) is 18.1 Å². The summed E-state index contributed by atoms with van der Waals surface area (Å²) in [5, 5.41) is 0.747. The number of hydrogen-bond donors (Lipinski definition) is 0. The average Bonchev–Trinajstić information content (AvgIpc) is 2.60. The molecular formula is C20H23Cl2NO4S. The summed E-state index contributed by atoms with van der Waals surface area (Å²) in [4.78, 5) is 14.7. The smallest absolute Gasteiger partial charge is 0.308 e. The second-order valence-corrected chi connectivity index (χ2v) is 9.48. The zero-order valence-corrected chi connectivity index (χ0v) is 18.3. The lowest BCUT2D eigenvalue weighted by atomic mass is 10.1.